The molecule has 0 aromatic heterocycles. The SMILES string of the molecule is O=C(O)C1CCN(c2ccc([N+](=O)[O-])cc2F)CC1. The van der Waals surface area contributed by atoms with Gasteiger partial charge in [-0.1, -0.05) is 0 Å². The van der Waals surface area contributed by atoms with E-state index in [1.807, 2.05) is 0 Å². The molecule has 1 heterocycles. The van der Waals surface area contributed by atoms with E-state index in [0.29, 0.717) is 25.9 Å². The maximum Gasteiger partial charge on any atom is 0.306 e. The normalized spacial score (nSPS) is 16.4. The fourth-order valence-corrected chi connectivity index (χ4v) is 2.23. The maximum absolute atomic E-state index is 13.8. The number of nitro groups is 1. The summed E-state index contributed by atoms with van der Waals surface area (Å²) in [6.45, 7) is 0.872. The highest BCUT2D eigenvalue weighted by Crippen LogP contribution is 2.28. The second-order valence-electron chi connectivity index (χ2n) is 4.49. The van der Waals surface area contributed by atoms with Crippen molar-refractivity contribution >= 4 is 17.3 Å². The zero-order valence-corrected chi connectivity index (χ0v) is 10.1. The Morgan fingerprint density at radius 3 is 2.53 bits per heavy atom. The molecule has 1 aromatic carbocycles. The van der Waals surface area contributed by atoms with E-state index in [9.17, 15) is 19.3 Å². The standard InChI is InChI=1S/C12H13FN2O4/c13-10-7-9(15(18)19)1-2-11(10)14-5-3-8(4-6-14)12(16)17/h1-2,7-8H,3-6H2,(H,16,17). The van der Waals surface area contributed by atoms with Gasteiger partial charge in [-0.3, -0.25) is 14.9 Å². The van der Waals surface area contributed by atoms with E-state index in [4.69, 9.17) is 5.11 Å². The van der Waals surface area contributed by atoms with Crippen LogP contribution in [-0.4, -0.2) is 29.1 Å². The van der Waals surface area contributed by atoms with Crippen molar-refractivity contribution in [2.45, 2.75) is 12.8 Å². The lowest BCUT2D eigenvalue weighted by molar-refractivity contribution is -0.385. The van der Waals surface area contributed by atoms with Gasteiger partial charge >= 0.3 is 5.97 Å². The Labute approximate surface area is 108 Å². The van der Waals surface area contributed by atoms with Gasteiger partial charge in [0.25, 0.3) is 5.69 Å². The summed E-state index contributed by atoms with van der Waals surface area (Å²) < 4.78 is 13.8. The predicted octanol–water partition coefficient (Wildman–Crippen LogP) is 2.03. The number of non-ortho nitro benzene ring substituents is 1. The second kappa shape index (κ2) is 5.21. The van der Waals surface area contributed by atoms with Crippen molar-refractivity contribution in [1.82, 2.24) is 0 Å². The average Bonchev–Trinajstić information content (AvgIpc) is 2.38. The van der Waals surface area contributed by atoms with E-state index < -0.39 is 22.6 Å². The minimum Gasteiger partial charge on any atom is -0.481 e. The number of halogens is 1. The minimum atomic E-state index is -0.830. The molecule has 0 atom stereocenters. The van der Waals surface area contributed by atoms with Gasteiger partial charge in [0.1, 0.15) is 0 Å². The number of hydrogen-bond acceptors (Lipinski definition) is 4. The molecule has 2 rings (SSSR count). The van der Waals surface area contributed by atoms with E-state index in [1.54, 1.807) is 4.90 Å². The predicted molar refractivity (Wildman–Crippen MR) is 65.6 cm³/mol. The molecule has 1 aliphatic heterocycles. The molecule has 1 N–H and O–H groups in total. The van der Waals surface area contributed by atoms with Crippen LogP contribution in [0.3, 0.4) is 0 Å². The molecule has 0 radical (unpaired) electrons. The summed E-state index contributed by atoms with van der Waals surface area (Å²) in [6.07, 6.45) is 0.900. The first kappa shape index (κ1) is 13.3. The molecular formula is C12H13FN2O4. The Morgan fingerprint density at radius 2 is 2.05 bits per heavy atom. The molecule has 102 valence electrons. The van der Waals surface area contributed by atoms with Crippen LogP contribution in [0.5, 0.6) is 0 Å². The highest BCUT2D eigenvalue weighted by Gasteiger charge is 2.26. The molecule has 19 heavy (non-hydrogen) atoms. The summed E-state index contributed by atoms with van der Waals surface area (Å²) in [4.78, 5) is 22.4. The molecule has 0 aliphatic carbocycles. The number of aliphatic carboxylic acids is 1. The van der Waals surface area contributed by atoms with Gasteiger partial charge in [0.05, 0.1) is 22.6 Å². The lowest BCUT2D eigenvalue weighted by atomic mass is 9.96. The van der Waals surface area contributed by atoms with Crippen LogP contribution >= 0.6 is 0 Å². The number of rotatable bonds is 3. The Bertz CT molecular complexity index is 512. The summed E-state index contributed by atoms with van der Waals surface area (Å²) in [6, 6.07) is 3.51. The van der Waals surface area contributed by atoms with Crippen molar-refractivity contribution in [3.63, 3.8) is 0 Å². The fraction of sp³-hybridized carbons (Fsp3) is 0.417. The van der Waals surface area contributed by atoms with Gasteiger partial charge in [0.2, 0.25) is 0 Å². The van der Waals surface area contributed by atoms with Gasteiger partial charge in [-0.15, -0.1) is 0 Å². The zero-order chi connectivity index (χ0) is 14.0. The van der Waals surface area contributed by atoms with Crippen molar-refractivity contribution in [1.29, 1.82) is 0 Å². The zero-order valence-electron chi connectivity index (χ0n) is 10.1. The number of piperidine rings is 1. The number of nitro benzene ring substituents is 1. The molecule has 1 aliphatic rings. The molecule has 6 nitrogen and oxygen atoms in total. The van der Waals surface area contributed by atoms with E-state index in [2.05, 4.69) is 0 Å². The van der Waals surface area contributed by atoms with E-state index >= 15 is 0 Å². The third kappa shape index (κ3) is 2.81. The second-order valence-corrected chi connectivity index (χ2v) is 4.49. The summed E-state index contributed by atoms with van der Waals surface area (Å²) in [7, 11) is 0. The highest BCUT2D eigenvalue weighted by atomic mass is 19.1. The maximum atomic E-state index is 13.8. The van der Waals surface area contributed by atoms with E-state index in [0.717, 1.165) is 6.07 Å². The van der Waals surface area contributed by atoms with Crippen LogP contribution < -0.4 is 4.90 Å². The molecule has 0 bridgehead atoms. The van der Waals surface area contributed by atoms with Crippen molar-refractivity contribution < 1.29 is 19.2 Å². The molecule has 0 spiro atoms. The van der Waals surface area contributed by atoms with Crippen molar-refractivity contribution in [3.05, 3.63) is 34.1 Å². The first-order valence-electron chi connectivity index (χ1n) is 5.90. The van der Waals surface area contributed by atoms with E-state index in [1.165, 1.54) is 12.1 Å². The van der Waals surface area contributed by atoms with Crippen LogP contribution in [-0.2, 0) is 4.79 Å². The van der Waals surface area contributed by atoms with Crippen LogP contribution in [0, 0.1) is 21.8 Å². The third-order valence-corrected chi connectivity index (χ3v) is 3.33. The van der Waals surface area contributed by atoms with Crippen LogP contribution in [0.25, 0.3) is 0 Å². The van der Waals surface area contributed by atoms with Gasteiger partial charge in [-0.05, 0) is 18.9 Å². The molecule has 0 amide bonds. The van der Waals surface area contributed by atoms with Gasteiger partial charge in [0, 0.05) is 19.2 Å². The Hall–Kier alpha value is -2.18. The Kier molecular flexibility index (Phi) is 3.64. The molecule has 1 saturated heterocycles. The van der Waals surface area contributed by atoms with Crippen LogP contribution in [0.1, 0.15) is 12.8 Å². The number of carbonyl (C=O) groups is 1. The number of nitrogens with zero attached hydrogens (tertiary/aromatic N) is 2. The van der Waals surface area contributed by atoms with Crippen LogP contribution in [0.2, 0.25) is 0 Å². The fourth-order valence-electron chi connectivity index (χ4n) is 2.23. The van der Waals surface area contributed by atoms with Crippen molar-refractivity contribution in [3.8, 4) is 0 Å². The number of anilines is 1. The number of hydrogen-bond donors (Lipinski definition) is 1. The topological polar surface area (TPSA) is 83.7 Å². The Morgan fingerprint density at radius 1 is 1.42 bits per heavy atom. The van der Waals surface area contributed by atoms with Gasteiger partial charge in [-0.25, -0.2) is 4.39 Å². The number of benzene rings is 1. The summed E-state index contributed by atoms with van der Waals surface area (Å²) in [5, 5.41) is 19.4. The summed E-state index contributed by atoms with van der Waals surface area (Å²) >= 11 is 0. The van der Waals surface area contributed by atoms with Gasteiger partial charge in [-0.2, -0.15) is 0 Å². The summed E-state index contributed by atoms with van der Waals surface area (Å²) in [5.41, 5.74) is -0.00360. The average molecular weight is 268 g/mol. The molecule has 1 fully saturated rings. The Balaban J connectivity index is 2.11. The summed E-state index contributed by atoms with van der Waals surface area (Å²) in [5.74, 6) is -1.87. The van der Waals surface area contributed by atoms with Crippen molar-refractivity contribution in [2.75, 3.05) is 18.0 Å². The third-order valence-electron chi connectivity index (χ3n) is 3.33. The van der Waals surface area contributed by atoms with Crippen LogP contribution in [0.4, 0.5) is 15.8 Å². The highest BCUT2D eigenvalue weighted by molar-refractivity contribution is 5.70. The molecule has 7 heteroatoms. The monoisotopic (exact) mass is 268 g/mol. The first-order valence-corrected chi connectivity index (χ1v) is 5.90. The number of carboxylic acid groups (broad SMARTS) is 1. The molecule has 0 saturated carbocycles. The quantitative estimate of drug-likeness (QED) is 0.669. The molecular weight excluding hydrogens is 255 g/mol. The minimum absolute atomic E-state index is 0.287. The van der Waals surface area contributed by atoms with E-state index in [-0.39, 0.29) is 11.4 Å². The lowest BCUT2D eigenvalue weighted by Crippen LogP contribution is -2.36. The van der Waals surface area contributed by atoms with Crippen LogP contribution in [0.15, 0.2) is 18.2 Å². The smallest absolute Gasteiger partial charge is 0.306 e. The largest absolute Gasteiger partial charge is 0.481 e. The van der Waals surface area contributed by atoms with Gasteiger partial charge in [0.15, 0.2) is 5.82 Å². The lowest BCUT2D eigenvalue weighted by Gasteiger charge is -2.32. The molecule has 0 unspecified atom stereocenters. The first-order chi connectivity index (χ1) is 8.99. The van der Waals surface area contributed by atoms with Gasteiger partial charge < -0.3 is 10.0 Å². The van der Waals surface area contributed by atoms with Crippen molar-refractivity contribution in [2.24, 2.45) is 5.92 Å². The number of carboxylic acids is 1. The molecule has 1 aromatic rings.